The van der Waals surface area contributed by atoms with Gasteiger partial charge in [-0.2, -0.15) is 0 Å². The van der Waals surface area contributed by atoms with Crippen LogP contribution in [0.25, 0.3) is 0 Å². The number of rotatable bonds is 5. The minimum Gasteiger partial charge on any atom is -0.375 e. The van der Waals surface area contributed by atoms with Crippen LogP contribution in [0.3, 0.4) is 0 Å². The molecule has 0 bridgehead atoms. The Balaban J connectivity index is 1.73. The summed E-state index contributed by atoms with van der Waals surface area (Å²) in [5, 5.41) is 3.55. The van der Waals surface area contributed by atoms with E-state index < -0.39 is 0 Å². The molecule has 0 fully saturated rings. The van der Waals surface area contributed by atoms with Crippen LogP contribution in [0.4, 0.5) is 11.4 Å². The Morgan fingerprint density at radius 2 is 1.96 bits per heavy atom. The predicted molar refractivity (Wildman–Crippen MR) is 103 cm³/mol. The zero-order valence-electron chi connectivity index (χ0n) is 14.6. The minimum absolute atomic E-state index is 0.0482. The van der Waals surface area contributed by atoms with E-state index in [1.807, 2.05) is 30.3 Å². The van der Waals surface area contributed by atoms with Crippen LogP contribution >= 0.6 is 11.6 Å². The number of amides is 2. The van der Waals surface area contributed by atoms with Crippen LogP contribution in [0.2, 0.25) is 5.02 Å². The van der Waals surface area contributed by atoms with Gasteiger partial charge in [-0.1, -0.05) is 29.8 Å². The number of anilines is 2. The molecule has 0 spiro atoms. The van der Waals surface area contributed by atoms with Crippen LogP contribution < -0.4 is 10.2 Å². The second-order valence-corrected chi connectivity index (χ2v) is 6.71. The molecule has 0 saturated carbocycles. The van der Waals surface area contributed by atoms with Crippen molar-refractivity contribution in [1.29, 1.82) is 0 Å². The lowest BCUT2D eigenvalue weighted by atomic mass is 10.0. The Kier molecular flexibility index (Phi) is 5.91. The van der Waals surface area contributed by atoms with Crippen molar-refractivity contribution in [2.75, 3.05) is 30.5 Å². The molecule has 26 heavy (non-hydrogen) atoms. The van der Waals surface area contributed by atoms with Crippen LogP contribution in [0, 0.1) is 0 Å². The highest BCUT2D eigenvalue weighted by Gasteiger charge is 2.22. The van der Waals surface area contributed by atoms with Gasteiger partial charge in [0.2, 0.25) is 5.91 Å². The molecule has 1 aliphatic heterocycles. The summed E-state index contributed by atoms with van der Waals surface area (Å²) in [6.07, 6.45) is 2.11. The van der Waals surface area contributed by atoms with E-state index >= 15 is 0 Å². The molecule has 1 N–H and O–H groups in total. The third-order valence-electron chi connectivity index (χ3n) is 4.33. The lowest BCUT2D eigenvalue weighted by Crippen LogP contribution is -2.37. The number of fused-ring (bicyclic) bond motifs is 1. The average molecular weight is 373 g/mol. The fourth-order valence-corrected chi connectivity index (χ4v) is 3.23. The molecular formula is C20H21ClN2O3. The summed E-state index contributed by atoms with van der Waals surface area (Å²) in [5.74, 6) is -0.184. The highest BCUT2D eigenvalue weighted by atomic mass is 35.5. The Morgan fingerprint density at radius 1 is 1.19 bits per heavy atom. The third kappa shape index (κ3) is 4.42. The molecule has 2 amide bonds. The average Bonchev–Trinajstić information content (AvgIpc) is 2.63. The van der Waals surface area contributed by atoms with E-state index in [2.05, 4.69) is 5.32 Å². The summed E-state index contributed by atoms with van der Waals surface area (Å²) < 4.78 is 4.97. The van der Waals surface area contributed by atoms with Crippen molar-refractivity contribution in [2.24, 2.45) is 0 Å². The molecule has 0 aromatic heterocycles. The molecule has 0 radical (unpaired) electrons. The number of carbonyl (C=O) groups is 2. The zero-order valence-corrected chi connectivity index (χ0v) is 15.4. The quantitative estimate of drug-likeness (QED) is 0.874. The van der Waals surface area contributed by atoms with Gasteiger partial charge in [-0.25, -0.2) is 0 Å². The lowest BCUT2D eigenvalue weighted by molar-refractivity contribution is -0.122. The monoisotopic (exact) mass is 372 g/mol. The Bertz CT molecular complexity index is 805. The van der Waals surface area contributed by atoms with E-state index in [-0.39, 0.29) is 24.8 Å². The first-order valence-corrected chi connectivity index (χ1v) is 8.91. The van der Waals surface area contributed by atoms with Crippen molar-refractivity contribution in [2.45, 2.75) is 19.3 Å². The smallest absolute Gasteiger partial charge is 0.252 e. The number of hydrogen-bond donors (Lipinski definition) is 1. The molecule has 1 heterocycles. The number of halogens is 1. The van der Waals surface area contributed by atoms with Gasteiger partial charge in [0.1, 0.15) is 6.61 Å². The Morgan fingerprint density at radius 3 is 2.69 bits per heavy atom. The van der Waals surface area contributed by atoms with E-state index in [9.17, 15) is 9.59 Å². The van der Waals surface area contributed by atoms with Crippen LogP contribution in [0.1, 0.15) is 17.5 Å². The second-order valence-electron chi connectivity index (χ2n) is 6.28. The van der Waals surface area contributed by atoms with Crippen LogP contribution in [-0.4, -0.2) is 32.1 Å². The van der Waals surface area contributed by atoms with Gasteiger partial charge >= 0.3 is 0 Å². The third-order valence-corrected chi connectivity index (χ3v) is 4.59. The summed E-state index contributed by atoms with van der Waals surface area (Å²) in [5.41, 5.74) is 3.53. The van der Waals surface area contributed by atoms with E-state index in [0.29, 0.717) is 17.3 Å². The number of methoxy groups -OCH3 is 1. The van der Waals surface area contributed by atoms with Crippen LogP contribution in [0.15, 0.2) is 42.5 Å². The summed E-state index contributed by atoms with van der Waals surface area (Å²) >= 11 is 5.87. The van der Waals surface area contributed by atoms with Crippen LogP contribution in [-0.2, 0) is 27.2 Å². The molecule has 136 valence electrons. The van der Waals surface area contributed by atoms with Crippen molar-refractivity contribution < 1.29 is 14.3 Å². The molecular weight excluding hydrogens is 352 g/mol. The molecule has 5 nitrogen and oxygen atoms in total. The van der Waals surface area contributed by atoms with Crippen molar-refractivity contribution in [1.82, 2.24) is 0 Å². The number of hydrogen-bond acceptors (Lipinski definition) is 3. The molecule has 0 unspecified atom stereocenters. The topological polar surface area (TPSA) is 58.6 Å². The van der Waals surface area contributed by atoms with Gasteiger partial charge in [0.15, 0.2) is 0 Å². The van der Waals surface area contributed by atoms with Crippen molar-refractivity contribution in [3.63, 3.8) is 0 Å². The number of carbonyl (C=O) groups excluding carboxylic acids is 2. The van der Waals surface area contributed by atoms with Gasteiger partial charge in [-0.3, -0.25) is 9.59 Å². The first kappa shape index (κ1) is 18.4. The van der Waals surface area contributed by atoms with Gasteiger partial charge in [-0.05, 0) is 48.2 Å². The minimum atomic E-state index is -0.113. The zero-order chi connectivity index (χ0) is 18.5. The summed E-state index contributed by atoms with van der Waals surface area (Å²) in [6.45, 7) is 0.712. The number of ether oxygens (including phenoxy) is 1. The lowest BCUT2D eigenvalue weighted by Gasteiger charge is -2.29. The van der Waals surface area contributed by atoms with Gasteiger partial charge in [-0.15, -0.1) is 0 Å². The van der Waals surface area contributed by atoms with Crippen LogP contribution in [0.5, 0.6) is 0 Å². The summed E-state index contributed by atoms with van der Waals surface area (Å²) in [4.78, 5) is 26.3. The fraction of sp³-hybridized carbons (Fsp3) is 0.300. The van der Waals surface area contributed by atoms with Gasteiger partial charge in [0, 0.05) is 30.1 Å². The van der Waals surface area contributed by atoms with Crippen molar-refractivity contribution in [3.05, 3.63) is 58.6 Å². The fourth-order valence-electron chi connectivity index (χ4n) is 3.11. The van der Waals surface area contributed by atoms with Gasteiger partial charge in [0.25, 0.3) is 5.91 Å². The van der Waals surface area contributed by atoms with E-state index in [1.54, 1.807) is 17.0 Å². The van der Waals surface area contributed by atoms with E-state index in [0.717, 1.165) is 29.7 Å². The highest BCUT2D eigenvalue weighted by Crippen LogP contribution is 2.30. The maximum absolute atomic E-state index is 12.3. The number of nitrogens with one attached hydrogen (secondary N) is 1. The van der Waals surface area contributed by atoms with Crippen molar-refractivity contribution in [3.8, 4) is 0 Å². The first-order valence-electron chi connectivity index (χ1n) is 8.53. The molecule has 6 heteroatoms. The molecule has 0 aliphatic carbocycles. The van der Waals surface area contributed by atoms with Crippen molar-refractivity contribution >= 4 is 34.8 Å². The molecule has 0 atom stereocenters. The second kappa shape index (κ2) is 8.34. The molecule has 2 aromatic carbocycles. The maximum atomic E-state index is 12.3. The number of benzene rings is 2. The molecule has 0 saturated heterocycles. The Hall–Kier alpha value is -2.37. The summed E-state index contributed by atoms with van der Waals surface area (Å²) in [7, 11) is 1.51. The highest BCUT2D eigenvalue weighted by molar-refractivity contribution is 6.30. The molecule has 2 aromatic rings. The van der Waals surface area contributed by atoms with Gasteiger partial charge < -0.3 is 15.0 Å². The molecule has 3 rings (SSSR count). The number of nitrogens with zero attached hydrogens (tertiary/aromatic N) is 1. The number of aryl methyl sites for hydroxylation is 1. The summed E-state index contributed by atoms with van der Waals surface area (Å²) in [6, 6.07) is 12.9. The normalized spacial score (nSPS) is 13.2. The largest absolute Gasteiger partial charge is 0.375 e. The van der Waals surface area contributed by atoms with Gasteiger partial charge in [0.05, 0.1) is 6.42 Å². The van der Waals surface area contributed by atoms with E-state index in [1.165, 1.54) is 7.11 Å². The molecule has 1 aliphatic rings. The Labute approximate surface area is 157 Å². The SMILES string of the molecule is COCC(=O)N1CCCc2ccc(NC(=O)Cc3ccc(Cl)cc3)cc21. The van der Waals surface area contributed by atoms with E-state index in [4.69, 9.17) is 16.3 Å². The first-order chi connectivity index (χ1) is 12.6. The standard InChI is InChI=1S/C20H21ClN2O3/c1-26-13-20(25)23-10-2-3-15-6-9-17(12-18(15)23)22-19(24)11-14-4-7-16(21)8-5-14/h4-9,12H,2-3,10-11,13H2,1H3,(H,22,24). The predicted octanol–water partition coefficient (Wildman–Crippen LogP) is 3.45. The maximum Gasteiger partial charge on any atom is 0.252 e.